The molecule has 0 aliphatic heterocycles. The summed E-state index contributed by atoms with van der Waals surface area (Å²) in [4.78, 5) is 2.43. The Labute approximate surface area is 336 Å². The van der Waals surface area contributed by atoms with E-state index in [1.165, 1.54) is 90.4 Å². The fourth-order valence-electron chi connectivity index (χ4n) is 9.95. The summed E-state index contributed by atoms with van der Waals surface area (Å²) in [6.45, 7) is 7.54. The van der Waals surface area contributed by atoms with Gasteiger partial charge in [0.05, 0.1) is 16.4 Å². The average Bonchev–Trinajstić information content (AvgIpc) is 4.01. The van der Waals surface area contributed by atoms with E-state index in [-0.39, 0.29) is 5.41 Å². The minimum Gasteiger partial charge on any atom is -0.310 e. The molecule has 0 saturated carbocycles. The molecular formula is C55H46N2. The monoisotopic (exact) mass is 734 g/mol. The highest BCUT2D eigenvalue weighted by Crippen LogP contribution is 2.64. The molecule has 0 saturated heterocycles. The van der Waals surface area contributed by atoms with Crippen LogP contribution in [0.2, 0.25) is 0 Å². The Morgan fingerprint density at radius 2 is 1.21 bits per heavy atom. The first-order valence-corrected chi connectivity index (χ1v) is 20.5. The standard InChI is InChI=1S/C52H40N2.C3H6/c1-2-3-14-35-25-31-42-41-20-13-22-47(41)52(48(42)33-35)46-21-10-7-17-40(46)43-32-30-39(34-49(43)52)53(36-15-5-4-6-16-36)37-26-28-38(29-27-37)54-50-23-11-8-18-44(50)45-19-9-12-24-51(45)54;1-3-2/h4-13,15-21,23-34H,2-3,14,22H2,1H3;3H,1H2,2H3. The van der Waals surface area contributed by atoms with Gasteiger partial charge in [-0.1, -0.05) is 135 Å². The van der Waals surface area contributed by atoms with Gasteiger partial charge >= 0.3 is 0 Å². The molecule has 2 heteroatoms. The van der Waals surface area contributed by atoms with E-state index in [1.54, 1.807) is 6.08 Å². The van der Waals surface area contributed by atoms with Crippen molar-refractivity contribution in [2.24, 2.45) is 0 Å². The van der Waals surface area contributed by atoms with Crippen LogP contribution in [0.1, 0.15) is 60.9 Å². The zero-order valence-electron chi connectivity index (χ0n) is 32.8. The molecule has 0 N–H and O–H groups in total. The van der Waals surface area contributed by atoms with Crippen molar-refractivity contribution in [3.05, 3.63) is 222 Å². The minimum atomic E-state index is -0.318. The van der Waals surface area contributed by atoms with E-state index >= 15 is 0 Å². The highest BCUT2D eigenvalue weighted by atomic mass is 15.1. The van der Waals surface area contributed by atoms with Gasteiger partial charge in [-0.25, -0.2) is 0 Å². The summed E-state index contributed by atoms with van der Waals surface area (Å²) >= 11 is 0. The number of para-hydroxylation sites is 3. The van der Waals surface area contributed by atoms with Gasteiger partial charge in [-0.2, -0.15) is 0 Å². The summed E-state index contributed by atoms with van der Waals surface area (Å²) < 4.78 is 2.39. The van der Waals surface area contributed by atoms with Crippen LogP contribution in [-0.2, 0) is 11.8 Å². The number of aryl methyl sites for hydroxylation is 1. The van der Waals surface area contributed by atoms with E-state index in [9.17, 15) is 0 Å². The second kappa shape index (κ2) is 14.1. The molecule has 3 aliphatic carbocycles. The number of rotatable bonds is 7. The molecular weight excluding hydrogens is 689 g/mol. The Morgan fingerprint density at radius 1 is 0.614 bits per heavy atom. The Balaban J connectivity index is 0.00000128. The van der Waals surface area contributed by atoms with Crippen LogP contribution in [0.25, 0.3) is 44.2 Å². The third-order valence-electron chi connectivity index (χ3n) is 12.2. The van der Waals surface area contributed by atoms with Crippen LogP contribution >= 0.6 is 0 Å². The van der Waals surface area contributed by atoms with Crippen LogP contribution in [0.4, 0.5) is 17.1 Å². The van der Waals surface area contributed by atoms with Gasteiger partial charge in [0.1, 0.15) is 0 Å². The van der Waals surface area contributed by atoms with Crippen molar-refractivity contribution < 1.29 is 0 Å². The van der Waals surface area contributed by atoms with Gasteiger partial charge < -0.3 is 9.47 Å². The number of unbranched alkanes of at least 4 members (excludes halogenated alkanes) is 1. The minimum absolute atomic E-state index is 0.318. The van der Waals surface area contributed by atoms with Gasteiger partial charge in [0.15, 0.2) is 0 Å². The predicted molar refractivity (Wildman–Crippen MR) is 242 cm³/mol. The van der Waals surface area contributed by atoms with Crippen molar-refractivity contribution in [2.45, 2.75) is 44.9 Å². The molecule has 8 aromatic rings. The fourth-order valence-corrected chi connectivity index (χ4v) is 9.95. The first-order valence-electron chi connectivity index (χ1n) is 20.5. The van der Waals surface area contributed by atoms with Crippen molar-refractivity contribution in [2.75, 3.05) is 4.90 Å². The first-order chi connectivity index (χ1) is 28.2. The lowest BCUT2D eigenvalue weighted by Gasteiger charge is -2.34. The number of anilines is 3. The van der Waals surface area contributed by atoms with Gasteiger partial charge in [0.25, 0.3) is 0 Å². The molecule has 0 radical (unpaired) electrons. The van der Waals surface area contributed by atoms with Crippen molar-refractivity contribution in [1.82, 2.24) is 4.57 Å². The van der Waals surface area contributed by atoms with Gasteiger partial charge in [0.2, 0.25) is 0 Å². The third-order valence-corrected chi connectivity index (χ3v) is 12.2. The summed E-state index contributed by atoms with van der Waals surface area (Å²) in [7, 11) is 0. The van der Waals surface area contributed by atoms with Crippen LogP contribution < -0.4 is 4.90 Å². The van der Waals surface area contributed by atoms with E-state index in [2.05, 4.69) is 199 Å². The summed E-state index contributed by atoms with van der Waals surface area (Å²) in [6, 6.07) is 61.2. The largest absolute Gasteiger partial charge is 0.310 e. The highest BCUT2D eigenvalue weighted by molar-refractivity contribution is 6.09. The molecule has 1 aromatic heterocycles. The lowest BCUT2D eigenvalue weighted by atomic mass is 9.68. The molecule has 57 heavy (non-hydrogen) atoms. The molecule has 11 rings (SSSR count). The van der Waals surface area contributed by atoms with Gasteiger partial charge in [-0.05, 0) is 137 Å². The zero-order valence-corrected chi connectivity index (χ0v) is 32.8. The number of benzene rings is 7. The van der Waals surface area contributed by atoms with Crippen LogP contribution in [0.15, 0.2) is 194 Å². The molecule has 1 spiro atoms. The van der Waals surface area contributed by atoms with E-state index in [1.807, 2.05) is 6.92 Å². The Bertz CT molecular complexity index is 2830. The molecule has 1 heterocycles. The van der Waals surface area contributed by atoms with Crippen LogP contribution in [0.3, 0.4) is 0 Å². The van der Waals surface area contributed by atoms with Crippen molar-refractivity contribution >= 4 is 44.4 Å². The maximum Gasteiger partial charge on any atom is 0.0692 e. The topological polar surface area (TPSA) is 8.17 Å². The fraction of sp³-hybridized carbons (Fsp3) is 0.127. The smallest absolute Gasteiger partial charge is 0.0692 e. The molecule has 0 amide bonds. The van der Waals surface area contributed by atoms with Crippen molar-refractivity contribution in [3.63, 3.8) is 0 Å². The van der Waals surface area contributed by atoms with E-state index in [0.29, 0.717) is 0 Å². The second-order valence-electron chi connectivity index (χ2n) is 15.5. The predicted octanol–water partition coefficient (Wildman–Crippen LogP) is 14.8. The number of hydrogen-bond donors (Lipinski definition) is 0. The maximum atomic E-state index is 3.36. The third kappa shape index (κ3) is 5.31. The van der Waals surface area contributed by atoms with Gasteiger partial charge in [0, 0.05) is 33.5 Å². The SMILES string of the molecule is C=CC.CCCCc1ccc2c(c1)C1(C3=C2C=CC3)c2ccccc2-c2ccc(N(c3ccccc3)c3ccc(-n4c5ccccc5c5ccccc54)cc3)cc21. The van der Waals surface area contributed by atoms with Gasteiger partial charge in [-0.3, -0.25) is 0 Å². The summed E-state index contributed by atoms with van der Waals surface area (Å²) in [5.41, 5.74) is 19.5. The van der Waals surface area contributed by atoms with Crippen molar-refractivity contribution in [3.8, 4) is 16.8 Å². The Hall–Kier alpha value is -6.64. The average molecular weight is 735 g/mol. The molecule has 3 aliphatic rings. The van der Waals surface area contributed by atoms with E-state index < -0.39 is 0 Å². The number of hydrogen-bond acceptors (Lipinski definition) is 1. The van der Waals surface area contributed by atoms with E-state index in [0.717, 1.165) is 29.9 Å². The van der Waals surface area contributed by atoms with Gasteiger partial charge in [-0.15, -0.1) is 6.58 Å². The quantitative estimate of drug-likeness (QED) is 0.148. The van der Waals surface area contributed by atoms with Crippen LogP contribution in [0, 0.1) is 0 Å². The molecule has 0 fully saturated rings. The number of nitrogens with zero attached hydrogens (tertiary/aromatic N) is 2. The molecule has 0 bridgehead atoms. The summed E-state index contributed by atoms with van der Waals surface area (Å²) in [5.74, 6) is 0. The molecule has 1 atom stereocenters. The highest BCUT2D eigenvalue weighted by Gasteiger charge is 2.53. The lowest BCUT2D eigenvalue weighted by Crippen LogP contribution is -2.27. The summed E-state index contributed by atoms with van der Waals surface area (Å²) in [5, 5.41) is 2.55. The second-order valence-corrected chi connectivity index (χ2v) is 15.5. The Kier molecular flexibility index (Phi) is 8.64. The van der Waals surface area contributed by atoms with Crippen molar-refractivity contribution in [1.29, 1.82) is 0 Å². The molecule has 276 valence electrons. The number of fused-ring (bicyclic) bond motifs is 12. The molecule has 2 nitrogen and oxygen atoms in total. The van der Waals surface area contributed by atoms with Crippen LogP contribution in [-0.4, -0.2) is 4.57 Å². The maximum absolute atomic E-state index is 3.36. The molecule has 7 aromatic carbocycles. The summed E-state index contributed by atoms with van der Waals surface area (Å²) in [6.07, 6.45) is 11.0. The normalized spacial score (nSPS) is 15.7. The Morgan fingerprint density at radius 3 is 1.95 bits per heavy atom. The number of allylic oxidation sites excluding steroid dienone is 5. The molecule has 1 unspecified atom stereocenters. The lowest BCUT2D eigenvalue weighted by molar-refractivity contribution is 0.742. The van der Waals surface area contributed by atoms with Crippen LogP contribution in [0.5, 0.6) is 0 Å². The van der Waals surface area contributed by atoms with E-state index in [4.69, 9.17) is 0 Å². The number of aromatic nitrogens is 1. The zero-order chi connectivity index (χ0) is 38.5. The first kappa shape index (κ1) is 34.8.